The lowest BCUT2D eigenvalue weighted by atomic mass is 10.1. The fourth-order valence-electron chi connectivity index (χ4n) is 1.88. The van der Waals surface area contributed by atoms with E-state index in [2.05, 4.69) is 10.1 Å². The topological polar surface area (TPSA) is 125 Å². The number of carbonyl (C=O) groups is 4. The predicted octanol–water partition coefficient (Wildman–Crippen LogP) is 0.566. The van der Waals surface area contributed by atoms with Crippen LogP contribution in [0.2, 0.25) is 0 Å². The number of nitrogens with two attached hydrogens (primary N) is 1. The summed E-state index contributed by atoms with van der Waals surface area (Å²) in [6, 6.07) is 4.82. The van der Waals surface area contributed by atoms with Crippen molar-refractivity contribution in [1.82, 2.24) is 5.32 Å². The van der Waals surface area contributed by atoms with Crippen LogP contribution in [0.3, 0.4) is 0 Å². The van der Waals surface area contributed by atoms with Gasteiger partial charge in [-0.05, 0) is 31.5 Å². The first-order chi connectivity index (χ1) is 11.9. The van der Waals surface area contributed by atoms with Crippen LogP contribution in [0.5, 0.6) is 0 Å². The Bertz CT molecular complexity index is 683. The minimum absolute atomic E-state index is 0.0244. The molecule has 0 saturated heterocycles. The third-order valence-corrected chi connectivity index (χ3v) is 3.11. The lowest BCUT2D eigenvalue weighted by molar-refractivity contribution is -0.137. The highest BCUT2D eigenvalue weighted by molar-refractivity contribution is 5.99. The highest BCUT2D eigenvalue weighted by atomic mass is 16.5. The van der Waals surface area contributed by atoms with Gasteiger partial charge < -0.3 is 20.5 Å². The number of amides is 2. The van der Waals surface area contributed by atoms with Gasteiger partial charge in [-0.3, -0.25) is 9.59 Å². The van der Waals surface area contributed by atoms with Crippen molar-refractivity contribution in [3.05, 3.63) is 47.5 Å². The lowest BCUT2D eigenvalue weighted by Crippen LogP contribution is -2.44. The summed E-state index contributed by atoms with van der Waals surface area (Å²) < 4.78 is 9.30. The maximum absolute atomic E-state index is 12.2. The molecule has 0 aliphatic rings. The highest BCUT2D eigenvalue weighted by Gasteiger charge is 2.18. The smallest absolute Gasteiger partial charge is 0.337 e. The molecule has 134 valence electrons. The van der Waals surface area contributed by atoms with Crippen molar-refractivity contribution in [2.24, 2.45) is 5.73 Å². The van der Waals surface area contributed by atoms with Crippen molar-refractivity contribution in [2.45, 2.75) is 19.4 Å². The Morgan fingerprint density at radius 2 is 1.92 bits per heavy atom. The first-order valence-electron chi connectivity index (χ1n) is 7.50. The fraction of sp³-hybridized carbons (Fsp3) is 0.294. The number of esters is 2. The lowest BCUT2D eigenvalue weighted by Gasteiger charge is -2.14. The molecule has 8 heteroatoms. The molecule has 3 N–H and O–H groups in total. The van der Waals surface area contributed by atoms with Crippen LogP contribution < -0.4 is 11.1 Å². The van der Waals surface area contributed by atoms with Crippen molar-refractivity contribution in [3.8, 4) is 0 Å². The number of rotatable bonds is 8. The van der Waals surface area contributed by atoms with E-state index < -0.39 is 29.8 Å². The number of primary amides is 1. The van der Waals surface area contributed by atoms with Crippen LogP contribution in [0.1, 0.15) is 34.1 Å². The second-order valence-electron chi connectivity index (χ2n) is 4.89. The van der Waals surface area contributed by atoms with Gasteiger partial charge in [-0.15, -0.1) is 0 Å². The van der Waals surface area contributed by atoms with E-state index in [9.17, 15) is 19.2 Å². The van der Waals surface area contributed by atoms with Crippen LogP contribution in [0.4, 0.5) is 0 Å². The molecule has 1 aromatic carbocycles. The molecule has 0 aromatic heterocycles. The van der Waals surface area contributed by atoms with Gasteiger partial charge in [-0.2, -0.15) is 0 Å². The van der Waals surface area contributed by atoms with E-state index in [0.717, 1.165) is 6.08 Å². The molecular weight excluding hydrogens is 328 g/mol. The monoisotopic (exact) mass is 348 g/mol. The number of hydrogen-bond acceptors (Lipinski definition) is 6. The Kier molecular flexibility index (Phi) is 7.85. The first-order valence-corrected chi connectivity index (χ1v) is 7.50. The van der Waals surface area contributed by atoms with E-state index in [0.29, 0.717) is 0 Å². The van der Waals surface area contributed by atoms with E-state index in [4.69, 9.17) is 10.5 Å². The standard InChI is InChI=1S/C17H20N2O6/c1-3-25-14(20)9-5-8-13(15(18)21)19-16(22)11-6-4-7-12(10-11)17(23)24-2/h4-7,9-10,13H,3,8H2,1-2H3,(H2,18,21)(H,19,22)/b9-5+/t13-/m1/s1. The van der Waals surface area contributed by atoms with E-state index >= 15 is 0 Å². The molecule has 8 nitrogen and oxygen atoms in total. The Morgan fingerprint density at radius 1 is 1.24 bits per heavy atom. The van der Waals surface area contributed by atoms with Crippen molar-refractivity contribution < 1.29 is 28.7 Å². The van der Waals surface area contributed by atoms with Crippen molar-refractivity contribution in [3.63, 3.8) is 0 Å². The van der Waals surface area contributed by atoms with E-state index in [1.165, 1.54) is 37.5 Å². The SMILES string of the molecule is CCOC(=O)/C=C/C[C@@H](NC(=O)c1cccc(C(=O)OC)c1)C(N)=O. The third kappa shape index (κ3) is 6.46. The number of nitrogens with one attached hydrogen (secondary N) is 1. The average Bonchev–Trinajstić information content (AvgIpc) is 2.60. The highest BCUT2D eigenvalue weighted by Crippen LogP contribution is 2.07. The minimum atomic E-state index is -1.01. The van der Waals surface area contributed by atoms with E-state index in [1.807, 2.05) is 0 Å². The summed E-state index contributed by atoms with van der Waals surface area (Å²) in [7, 11) is 1.23. The van der Waals surface area contributed by atoms with Gasteiger partial charge in [0.2, 0.25) is 5.91 Å². The normalized spacial score (nSPS) is 11.6. The molecule has 1 aromatic rings. The molecule has 1 atom stereocenters. The number of hydrogen-bond donors (Lipinski definition) is 2. The molecule has 0 saturated carbocycles. The molecule has 0 radical (unpaired) electrons. The maximum Gasteiger partial charge on any atom is 0.337 e. The number of ether oxygens (including phenoxy) is 2. The second-order valence-corrected chi connectivity index (χ2v) is 4.89. The van der Waals surface area contributed by atoms with Gasteiger partial charge in [0, 0.05) is 11.6 Å². The molecule has 0 spiro atoms. The van der Waals surface area contributed by atoms with Crippen molar-refractivity contribution in [2.75, 3.05) is 13.7 Å². The van der Waals surface area contributed by atoms with Gasteiger partial charge in [0.1, 0.15) is 6.04 Å². The van der Waals surface area contributed by atoms with Crippen LogP contribution in [0.25, 0.3) is 0 Å². The van der Waals surface area contributed by atoms with E-state index in [1.54, 1.807) is 6.92 Å². The van der Waals surface area contributed by atoms with Crippen molar-refractivity contribution >= 4 is 23.8 Å². The van der Waals surface area contributed by atoms with Crippen LogP contribution >= 0.6 is 0 Å². The summed E-state index contributed by atoms with van der Waals surface area (Å²) in [5.41, 5.74) is 5.63. The first kappa shape index (κ1) is 19.9. The maximum atomic E-state index is 12.2. The molecule has 0 heterocycles. The van der Waals surface area contributed by atoms with Gasteiger partial charge in [0.05, 0.1) is 19.3 Å². The zero-order valence-electron chi connectivity index (χ0n) is 14.0. The summed E-state index contributed by atoms with van der Waals surface area (Å²) in [5, 5.41) is 2.45. The zero-order valence-corrected chi connectivity index (χ0v) is 14.0. The molecule has 0 fully saturated rings. The number of carbonyl (C=O) groups excluding carboxylic acids is 4. The van der Waals surface area contributed by atoms with Gasteiger partial charge >= 0.3 is 11.9 Å². The Hall–Kier alpha value is -3.16. The zero-order chi connectivity index (χ0) is 18.8. The summed E-state index contributed by atoms with van der Waals surface area (Å²) in [5.74, 6) is -2.48. The molecule has 1 rings (SSSR count). The third-order valence-electron chi connectivity index (χ3n) is 3.11. The molecular formula is C17H20N2O6. The summed E-state index contributed by atoms with van der Waals surface area (Å²) in [4.78, 5) is 46.4. The molecule has 25 heavy (non-hydrogen) atoms. The molecule has 0 unspecified atom stereocenters. The fourth-order valence-corrected chi connectivity index (χ4v) is 1.88. The summed E-state index contributed by atoms with van der Waals surface area (Å²) in [6.45, 7) is 1.90. The van der Waals surface area contributed by atoms with Crippen molar-refractivity contribution in [1.29, 1.82) is 0 Å². The molecule has 0 bridgehead atoms. The molecule has 2 amide bonds. The second kappa shape index (κ2) is 9.86. The van der Waals surface area contributed by atoms with Crippen LogP contribution in [0, 0.1) is 0 Å². The predicted molar refractivity (Wildman–Crippen MR) is 88.6 cm³/mol. The van der Waals surface area contributed by atoms with Crippen LogP contribution in [0.15, 0.2) is 36.4 Å². The Morgan fingerprint density at radius 3 is 2.52 bits per heavy atom. The van der Waals surface area contributed by atoms with Gasteiger partial charge in [0.25, 0.3) is 5.91 Å². The summed E-state index contributed by atoms with van der Waals surface area (Å²) >= 11 is 0. The summed E-state index contributed by atoms with van der Waals surface area (Å²) in [6.07, 6.45) is 2.57. The van der Waals surface area contributed by atoms with Gasteiger partial charge in [-0.25, -0.2) is 9.59 Å². The largest absolute Gasteiger partial charge is 0.465 e. The average molecular weight is 348 g/mol. The quantitative estimate of drug-likeness (QED) is 0.522. The van der Waals surface area contributed by atoms with Crippen LogP contribution in [-0.4, -0.2) is 43.5 Å². The molecule has 0 aliphatic heterocycles. The minimum Gasteiger partial charge on any atom is -0.465 e. The Balaban J connectivity index is 2.78. The van der Waals surface area contributed by atoms with Gasteiger partial charge in [-0.1, -0.05) is 12.1 Å². The molecule has 0 aliphatic carbocycles. The van der Waals surface area contributed by atoms with Crippen LogP contribution in [-0.2, 0) is 19.1 Å². The van der Waals surface area contributed by atoms with Gasteiger partial charge in [0.15, 0.2) is 0 Å². The van der Waals surface area contributed by atoms with E-state index in [-0.39, 0.29) is 24.2 Å². The Labute approximate surface area is 145 Å². The number of benzene rings is 1. The number of methoxy groups -OCH3 is 1.